The van der Waals surface area contributed by atoms with Crippen LogP contribution in [0.1, 0.15) is 25.2 Å². The standard InChI is InChI=1S/C19H20FN3O4/c20-14-5-7-15(8-6-14)25-12-2-1-11-21-17(24)9-10-18-22-19(23-27-18)16-4-3-13-26-16/h3-8,13H,1-2,9-12H2,(H,21,24). The Kier molecular flexibility index (Phi) is 6.56. The van der Waals surface area contributed by atoms with Crippen molar-refractivity contribution in [2.75, 3.05) is 13.2 Å². The van der Waals surface area contributed by atoms with Crippen LogP contribution in [-0.2, 0) is 11.2 Å². The number of unbranched alkanes of at least 4 members (excludes halogenated alkanes) is 1. The Bertz CT molecular complexity index is 831. The normalized spacial score (nSPS) is 10.7. The monoisotopic (exact) mass is 373 g/mol. The van der Waals surface area contributed by atoms with Crippen molar-refractivity contribution in [2.24, 2.45) is 0 Å². The maximum atomic E-state index is 12.8. The minimum atomic E-state index is -0.289. The molecule has 27 heavy (non-hydrogen) atoms. The average Bonchev–Trinajstić information content (AvgIpc) is 3.35. The molecule has 0 aliphatic carbocycles. The van der Waals surface area contributed by atoms with E-state index in [-0.39, 0.29) is 18.1 Å². The molecule has 0 saturated carbocycles. The molecule has 0 aliphatic rings. The van der Waals surface area contributed by atoms with E-state index < -0.39 is 0 Å². The fourth-order valence-electron chi connectivity index (χ4n) is 2.35. The Balaban J connectivity index is 1.26. The molecular formula is C19H20FN3O4. The number of halogens is 1. The van der Waals surface area contributed by atoms with Gasteiger partial charge in [-0.1, -0.05) is 5.16 Å². The van der Waals surface area contributed by atoms with Crippen molar-refractivity contribution in [1.29, 1.82) is 0 Å². The van der Waals surface area contributed by atoms with Crippen LogP contribution in [0.3, 0.4) is 0 Å². The van der Waals surface area contributed by atoms with E-state index in [1.807, 2.05) is 0 Å². The number of amides is 1. The molecule has 2 aromatic heterocycles. The molecule has 1 N–H and O–H groups in total. The van der Waals surface area contributed by atoms with Crippen molar-refractivity contribution >= 4 is 5.91 Å². The SMILES string of the molecule is O=C(CCc1nc(-c2ccco2)no1)NCCCCOc1ccc(F)cc1. The summed E-state index contributed by atoms with van der Waals surface area (Å²) in [5, 5.41) is 6.66. The summed E-state index contributed by atoms with van der Waals surface area (Å²) in [6.45, 7) is 1.08. The van der Waals surface area contributed by atoms with Crippen LogP contribution in [0.15, 0.2) is 51.6 Å². The van der Waals surface area contributed by atoms with E-state index in [4.69, 9.17) is 13.7 Å². The van der Waals surface area contributed by atoms with E-state index in [1.54, 1.807) is 24.3 Å². The van der Waals surface area contributed by atoms with Crippen molar-refractivity contribution in [2.45, 2.75) is 25.7 Å². The molecule has 0 radical (unpaired) electrons. The summed E-state index contributed by atoms with van der Waals surface area (Å²) >= 11 is 0. The van der Waals surface area contributed by atoms with Gasteiger partial charge in [0.25, 0.3) is 0 Å². The van der Waals surface area contributed by atoms with Crippen LogP contribution in [0.2, 0.25) is 0 Å². The van der Waals surface area contributed by atoms with Crippen LogP contribution in [0.25, 0.3) is 11.6 Å². The number of hydrogen-bond donors (Lipinski definition) is 1. The number of aryl methyl sites for hydroxylation is 1. The predicted octanol–water partition coefficient (Wildman–Crippen LogP) is 3.38. The third-order valence-corrected chi connectivity index (χ3v) is 3.75. The van der Waals surface area contributed by atoms with E-state index in [0.29, 0.717) is 42.8 Å². The van der Waals surface area contributed by atoms with Gasteiger partial charge in [0.05, 0.1) is 12.9 Å². The Morgan fingerprint density at radius 3 is 2.81 bits per heavy atom. The minimum Gasteiger partial charge on any atom is -0.494 e. The maximum Gasteiger partial charge on any atom is 0.238 e. The lowest BCUT2D eigenvalue weighted by atomic mass is 10.2. The zero-order valence-electron chi connectivity index (χ0n) is 14.7. The van der Waals surface area contributed by atoms with Crippen LogP contribution < -0.4 is 10.1 Å². The summed E-state index contributed by atoms with van der Waals surface area (Å²) in [6.07, 6.45) is 3.74. The van der Waals surface area contributed by atoms with Gasteiger partial charge < -0.3 is 19.0 Å². The number of hydrogen-bond acceptors (Lipinski definition) is 6. The molecular weight excluding hydrogens is 353 g/mol. The Morgan fingerprint density at radius 1 is 1.19 bits per heavy atom. The number of carbonyl (C=O) groups excluding carboxylic acids is 1. The number of carbonyl (C=O) groups is 1. The van der Waals surface area contributed by atoms with Gasteiger partial charge in [0.15, 0.2) is 5.76 Å². The molecule has 2 heterocycles. The van der Waals surface area contributed by atoms with Crippen LogP contribution in [0.4, 0.5) is 4.39 Å². The van der Waals surface area contributed by atoms with Crippen molar-refractivity contribution in [1.82, 2.24) is 15.5 Å². The molecule has 0 spiro atoms. The number of ether oxygens (including phenoxy) is 1. The van der Waals surface area contributed by atoms with Crippen molar-refractivity contribution in [3.63, 3.8) is 0 Å². The van der Waals surface area contributed by atoms with E-state index >= 15 is 0 Å². The fraction of sp³-hybridized carbons (Fsp3) is 0.316. The second-order valence-corrected chi connectivity index (χ2v) is 5.85. The topological polar surface area (TPSA) is 90.4 Å². The van der Waals surface area contributed by atoms with E-state index in [2.05, 4.69) is 15.5 Å². The summed E-state index contributed by atoms with van der Waals surface area (Å²) in [7, 11) is 0. The summed E-state index contributed by atoms with van der Waals surface area (Å²) in [4.78, 5) is 16.0. The first-order chi connectivity index (χ1) is 13.2. The summed E-state index contributed by atoms with van der Waals surface area (Å²) < 4.78 is 28.6. The summed E-state index contributed by atoms with van der Waals surface area (Å²) in [5.41, 5.74) is 0. The van der Waals surface area contributed by atoms with Crippen molar-refractivity contribution in [3.8, 4) is 17.3 Å². The number of nitrogens with zero attached hydrogens (tertiary/aromatic N) is 2. The van der Waals surface area contributed by atoms with Gasteiger partial charge in [0.1, 0.15) is 11.6 Å². The fourth-order valence-corrected chi connectivity index (χ4v) is 2.35. The lowest BCUT2D eigenvalue weighted by molar-refractivity contribution is -0.121. The molecule has 0 unspecified atom stereocenters. The van der Waals surface area contributed by atoms with Crippen LogP contribution in [0, 0.1) is 5.82 Å². The second-order valence-electron chi connectivity index (χ2n) is 5.85. The number of benzene rings is 1. The second kappa shape index (κ2) is 9.51. The summed E-state index contributed by atoms with van der Waals surface area (Å²) in [6, 6.07) is 9.37. The molecule has 1 amide bonds. The summed E-state index contributed by atoms with van der Waals surface area (Å²) in [5.74, 6) is 1.56. The molecule has 1 aromatic carbocycles. The van der Waals surface area contributed by atoms with Gasteiger partial charge >= 0.3 is 0 Å². The highest BCUT2D eigenvalue weighted by atomic mass is 19.1. The Labute approximate surface area is 155 Å². The van der Waals surface area contributed by atoms with Gasteiger partial charge in [-0.25, -0.2) is 4.39 Å². The number of aromatic nitrogens is 2. The Hall–Kier alpha value is -3.16. The largest absolute Gasteiger partial charge is 0.494 e. The first kappa shape index (κ1) is 18.6. The number of rotatable bonds is 10. The van der Waals surface area contributed by atoms with Gasteiger partial charge in [0, 0.05) is 19.4 Å². The molecule has 0 fully saturated rings. The van der Waals surface area contributed by atoms with Crippen LogP contribution >= 0.6 is 0 Å². The highest BCUT2D eigenvalue weighted by molar-refractivity contribution is 5.75. The molecule has 0 saturated heterocycles. The average molecular weight is 373 g/mol. The number of nitrogens with one attached hydrogen (secondary N) is 1. The minimum absolute atomic E-state index is 0.0767. The molecule has 8 heteroatoms. The van der Waals surface area contributed by atoms with Crippen LogP contribution in [-0.4, -0.2) is 29.2 Å². The van der Waals surface area contributed by atoms with Gasteiger partial charge in [-0.3, -0.25) is 4.79 Å². The lowest BCUT2D eigenvalue weighted by Gasteiger charge is -2.07. The third kappa shape index (κ3) is 5.95. The van der Waals surface area contributed by atoms with E-state index in [0.717, 1.165) is 12.8 Å². The van der Waals surface area contributed by atoms with Gasteiger partial charge in [0.2, 0.25) is 17.6 Å². The maximum absolute atomic E-state index is 12.8. The molecule has 7 nitrogen and oxygen atoms in total. The lowest BCUT2D eigenvalue weighted by Crippen LogP contribution is -2.25. The molecule has 0 aliphatic heterocycles. The highest BCUT2D eigenvalue weighted by Crippen LogP contribution is 2.16. The molecule has 0 atom stereocenters. The predicted molar refractivity (Wildman–Crippen MR) is 94.5 cm³/mol. The molecule has 3 aromatic rings. The van der Waals surface area contributed by atoms with Crippen molar-refractivity contribution in [3.05, 3.63) is 54.4 Å². The first-order valence-electron chi connectivity index (χ1n) is 8.72. The number of furan rings is 1. The zero-order chi connectivity index (χ0) is 18.9. The van der Waals surface area contributed by atoms with Crippen molar-refractivity contribution < 1.29 is 22.9 Å². The highest BCUT2D eigenvalue weighted by Gasteiger charge is 2.12. The smallest absolute Gasteiger partial charge is 0.238 e. The van der Waals surface area contributed by atoms with Gasteiger partial charge in [-0.05, 0) is 49.2 Å². The van der Waals surface area contributed by atoms with E-state index in [9.17, 15) is 9.18 Å². The third-order valence-electron chi connectivity index (χ3n) is 3.75. The van der Waals surface area contributed by atoms with E-state index in [1.165, 1.54) is 18.4 Å². The molecule has 142 valence electrons. The zero-order valence-corrected chi connectivity index (χ0v) is 14.7. The Morgan fingerprint density at radius 2 is 2.04 bits per heavy atom. The molecule has 3 rings (SSSR count). The van der Waals surface area contributed by atoms with Gasteiger partial charge in [-0.2, -0.15) is 4.98 Å². The molecule has 0 bridgehead atoms. The van der Waals surface area contributed by atoms with Gasteiger partial charge in [-0.15, -0.1) is 0 Å². The first-order valence-corrected chi connectivity index (χ1v) is 8.72. The van der Waals surface area contributed by atoms with Crippen LogP contribution in [0.5, 0.6) is 5.75 Å². The quantitative estimate of drug-likeness (QED) is 0.548.